The van der Waals surface area contributed by atoms with Crippen LogP contribution >= 0.6 is 0 Å². The quantitative estimate of drug-likeness (QED) is 0.357. The molecule has 304 valence electrons. The summed E-state index contributed by atoms with van der Waals surface area (Å²) in [5.74, 6) is -3.78. The van der Waals surface area contributed by atoms with Gasteiger partial charge in [0, 0.05) is 40.4 Å². The number of amides is 6. The molecule has 3 aromatic rings. The van der Waals surface area contributed by atoms with Gasteiger partial charge in [-0.1, -0.05) is 24.3 Å². The fraction of sp³-hybridized carbons (Fsp3) is 0.415. The van der Waals surface area contributed by atoms with Crippen molar-refractivity contribution >= 4 is 35.4 Å². The number of carbonyl (C=O) groups is 6. The third-order valence-electron chi connectivity index (χ3n) is 10.4. The minimum absolute atomic E-state index is 0.0379. The lowest BCUT2D eigenvalue weighted by atomic mass is 9.98. The number of ether oxygens (including phenoxy) is 3. The molecule has 3 heterocycles. The molecular formula is C41H49FN6O9. The summed E-state index contributed by atoms with van der Waals surface area (Å²) in [5, 5.41) is 8.02. The number of methoxy groups -OCH3 is 2. The van der Waals surface area contributed by atoms with Crippen LogP contribution in [0.5, 0.6) is 23.0 Å². The van der Waals surface area contributed by atoms with Crippen molar-refractivity contribution in [2.24, 2.45) is 0 Å². The van der Waals surface area contributed by atoms with Crippen molar-refractivity contribution in [3.8, 4) is 23.0 Å². The molecule has 0 spiro atoms. The van der Waals surface area contributed by atoms with Crippen LogP contribution in [0.3, 0.4) is 0 Å². The van der Waals surface area contributed by atoms with Crippen LogP contribution < -0.4 is 30.2 Å². The molecule has 3 aliphatic rings. The Labute approximate surface area is 330 Å². The maximum absolute atomic E-state index is 15.6. The summed E-state index contributed by atoms with van der Waals surface area (Å²) in [5.41, 5.74) is 1.52. The highest BCUT2D eigenvalue weighted by molar-refractivity contribution is 5.98. The van der Waals surface area contributed by atoms with Crippen LogP contribution in [0, 0.1) is 5.82 Å². The van der Waals surface area contributed by atoms with Crippen LogP contribution in [-0.2, 0) is 48.0 Å². The fourth-order valence-electron chi connectivity index (χ4n) is 6.89. The molecule has 1 saturated heterocycles. The van der Waals surface area contributed by atoms with Crippen LogP contribution in [0.2, 0.25) is 0 Å². The van der Waals surface area contributed by atoms with E-state index in [9.17, 15) is 28.8 Å². The van der Waals surface area contributed by atoms with Gasteiger partial charge in [-0.2, -0.15) is 0 Å². The molecule has 0 radical (unpaired) electrons. The van der Waals surface area contributed by atoms with E-state index in [0.717, 1.165) is 4.90 Å². The zero-order chi connectivity index (χ0) is 41.7. The first kappa shape index (κ1) is 42.0. The molecule has 1 fully saturated rings. The van der Waals surface area contributed by atoms with Gasteiger partial charge < -0.3 is 44.9 Å². The van der Waals surface area contributed by atoms with Crippen LogP contribution in [0.1, 0.15) is 37.5 Å². The van der Waals surface area contributed by atoms with Crippen molar-refractivity contribution in [2.45, 2.75) is 76.3 Å². The Hall–Kier alpha value is -6.19. The van der Waals surface area contributed by atoms with Gasteiger partial charge in [-0.3, -0.25) is 28.8 Å². The summed E-state index contributed by atoms with van der Waals surface area (Å²) >= 11 is 0. The summed E-state index contributed by atoms with van der Waals surface area (Å²) in [6, 6.07) is 8.68. The minimum Gasteiger partial charge on any atom is -0.497 e. The van der Waals surface area contributed by atoms with E-state index in [1.165, 1.54) is 78.1 Å². The highest BCUT2D eigenvalue weighted by atomic mass is 19.1. The zero-order valence-electron chi connectivity index (χ0n) is 33.3. The van der Waals surface area contributed by atoms with E-state index in [-0.39, 0.29) is 30.8 Å². The lowest BCUT2D eigenvalue weighted by Crippen LogP contribution is -2.61. The standard InChI is InChI=1S/C41H49FN6O9/c1-22-36(49)44-23(2)39(52)46(4)30(18-25-9-13-28(55-7)14-10-25)38(51)45-24(3)40(53)48(6)32-20-26-11-15-33(29(42)17-26)57-35-21-27(12-16-34(35)56-8)19-31(37(50)43-22)47(5)41(32)54/h9-17,21-24,30-32H,18-20H2,1-8H3,(H,43,50)(H,44,49)(H,45,51)/t22-,23+,24+,30+,31+,32+/m1/s1. The molecule has 3 aromatic carbocycles. The molecule has 6 amide bonds. The molecule has 16 heteroatoms. The Morgan fingerprint density at radius 1 is 0.632 bits per heavy atom. The molecule has 0 aromatic heterocycles. The van der Waals surface area contributed by atoms with Crippen molar-refractivity contribution in [3.63, 3.8) is 0 Å². The molecule has 0 saturated carbocycles. The average Bonchev–Trinajstić information content (AvgIpc) is 3.19. The zero-order valence-corrected chi connectivity index (χ0v) is 33.3. The van der Waals surface area contributed by atoms with E-state index in [4.69, 9.17) is 14.2 Å². The summed E-state index contributed by atoms with van der Waals surface area (Å²) < 4.78 is 32.2. The number of fused-ring (bicyclic) bond motifs is 2. The topological polar surface area (TPSA) is 176 Å². The summed E-state index contributed by atoms with van der Waals surface area (Å²) in [4.78, 5) is 87.9. The molecule has 6 atom stereocenters. The largest absolute Gasteiger partial charge is 0.497 e. The van der Waals surface area contributed by atoms with Gasteiger partial charge in [-0.15, -0.1) is 0 Å². The fourth-order valence-corrected chi connectivity index (χ4v) is 6.89. The van der Waals surface area contributed by atoms with Gasteiger partial charge in [0.15, 0.2) is 23.1 Å². The van der Waals surface area contributed by atoms with E-state index >= 15 is 4.39 Å². The minimum atomic E-state index is -1.29. The molecule has 0 unspecified atom stereocenters. The number of likely N-dealkylation sites (N-methyl/N-ethyl adjacent to an activating group) is 3. The van der Waals surface area contributed by atoms with E-state index in [0.29, 0.717) is 28.2 Å². The average molecular weight is 789 g/mol. The van der Waals surface area contributed by atoms with E-state index in [1.807, 2.05) is 0 Å². The van der Waals surface area contributed by atoms with Gasteiger partial charge in [-0.05, 0) is 73.9 Å². The smallest absolute Gasteiger partial charge is 0.246 e. The molecule has 6 bridgehead atoms. The Kier molecular flexibility index (Phi) is 13.1. The molecule has 3 N–H and O–H groups in total. The third-order valence-corrected chi connectivity index (χ3v) is 10.4. The second-order valence-corrected chi connectivity index (χ2v) is 14.4. The van der Waals surface area contributed by atoms with Crippen LogP contribution in [-0.4, -0.2) is 122 Å². The number of hydrogen-bond acceptors (Lipinski definition) is 9. The molecule has 3 aliphatic heterocycles. The number of halogens is 1. The second kappa shape index (κ2) is 17.7. The maximum atomic E-state index is 15.6. The normalized spacial score (nSPS) is 24.1. The van der Waals surface area contributed by atoms with Gasteiger partial charge in [0.2, 0.25) is 35.4 Å². The number of benzene rings is 3. The van der Waals surface area contributed by atoms with Crippen LogP contribution in [0.4, 0.5) is 4.39 Å². The van der Waals surface area contributed by atoms with Crippen LogP contribution in [0.15, 0.2) is 60.7 Å². The predicted octanol–water partition coefficient (Wildman–Crippen LogP) is 1.99. The second-order valence-electron chi connectivity index (χ2n) is 14.4. The van der Waals surface area contributed by atoms with Crippen LogP contribution in [0.25, 0.3) is 0 Å². The molecule has 57 heavy (non-hydrogen) atoms. The van der Waals surface area contributed by atoms with Gasteiger partial charge in [0.05, 0.1) is 14.2 Å². The first-order valence-electron chi connectivity index (χ1n) is 18.5. The highest BCUT2D eigenvalue weighted by Crippen LogP contribution is 2.35. The first-order valence-corrected chi connectivity index (χ1v) is 18.5. The van der Waals surface area contributed by atoms with E-state index in [2.05, 4.69) is 16.0 Å². The predicted molar refractivity (Wildman–Crippen MR) is 206 cm³/mol. The van der Waals surface area contributed by atoms with Crippen molar-refractivity contribution in [1.29, 1.82) is 0 Å². The Morgan fingerprint density at radius 2 is 1.19 bits per heavy atom. The Morgan fingerprint density at radius 3 is 1.82 bits per heavy atom. The van der Waals surface area contributed by atoms with Gasteiger partial charge in [0.25, 0.3) is 0 Å². The van der Waals surface area contributed by atoms with Crippen molar-refractivity contribution in [1.82, 2.24) is 30.7 Å². The first-order chi connectivity index (χ1) is 27.0. The van der Waals surface area contributed by atoms with Crippen molar-refractivity contribution < 1.29 is 47.4 Å². The molecule has 6 rings (SSSR count). The van der Waals surface area contributed by atoms with Crippen molar-refractivity contribution in [3.05, 3.63) is 83.2 Å². The molecule has 15 nitrogen and oxygen atoms in total. The molecule has 0 aliphatic carbocycles. The number of hydrogen-bond donors (Lipinski definition) is 3. The number of carbonyl (C=O) groups excluding carboxylic acids is 6. The monoisotopic (exact) mass is 788 g/mol. The number of rotatable bonds is 4. The van der Waals surface area contributed by atoms with E-state index < -0.39 is 77.5 Å². The lowest BCUT2D eigenvalue weighted by molar-refractivity contribution is -0.149. The third kappa shape index (κ3) is 9.44. The summed E-state index contributed by atoms with van der Waals surface area (Å²) in [7, 11) is 7.16. The van der Waals surface area contributed by atoms with Gasteiger partial charge in [0.1, 0.15) is 42.0 Å². The maximum Gasteiger partial charge on any atom is 0.246 e. The number of nitrogens with one attached hydrogen (secondary N) is 3. The highest BCUT2D eigenvalue weighted by Gasteiger charge is 2.39. The lowest BCUT2D eigenvalue weighted by Gasteiger charge is -2.36. The SMILES string of the molecule is COc1ccc(C[C@H]2C(=O)N[C@@H](C)C(=O)N(C)[C@H]3Cc4ccc(c(F)c4)Oc4cc(ccc4OC)C[C@@H](C(=O)N[C@H](C)C(=O)N[C@@H](C)C(=O)N2C)N(C)C3=O)cc1. The van der Waals surface area contributed by atoms with Gasteiger partial charge in [-0.25, -0.2) is 4.39 Å². The Bertz CT molecular complexity index is 2030. The molecular weight excluding hydrogens is 739 g/mol. The van der Waals surface area contributed by atoms with Crippen molar-refractivity contribution in [2.75, 3.05) is 35.4 Å². The Balaban J connectivity index is 1.59. The summed E-state index contributed by atoms with van der Waals surface area (Å²) in [6.07, 6.45) is -0.231. The number of nitrogens with zero attached hydrogens (tertiary/aromatic N) is 3. The summed E-state index contributed by atoms with van der Waals surface area (Å²) in [6.45, 7) is 4.34. The van der Waals surface area contributed by atoms with Gasteiger partial charge >= 0.3 is 0 Å². The van der Waals surface area contributed by atoms with E-state index in [1.54, 1.807) is 48.5 Å².